The summed E-state index contributed by atoms with van der Waals surface area (Å²) in [5.74, 6) is 0. The Labute approximate surface area is 73.0 Å². The molecule has 1 atom stereocenters. The predicted octanol–water partition coefficient (Wildman–Crippen LogP) is 1.68. The number of fused-ring (bicyclic) bond motifs is 1. The number of nitrogens with zero attached hydrogens (tertiary/aromatic N) is 1. The van der Waals surface area contributed by atoms with Crippen LogP contribution < -0.4 is 5.32 Å². The fourth-order valence-corrected chi connectivity index (χ4v) is 1.89. The lowest BCUT2D eigenvalue weighted by molar-refractivity contribution is 0.483. The first kappa shape index (κ1) is 7.74. The van der Waals surface area contributed by atoms with Crippen molar-refractivity contribution in [3.63, 3.8) is 0 Å². The summed E-state index contributed by atoms with van der Waals surface area (Å²) in [5.41, 5.74) is 2.68. The Morgan fingerprint density at radius 1 is 1.58 bits per heavy atom. The average molecular weight is 162 g/mol. The highest BCUT2D eigenvalue weighted by molar-refractivity contribution is 5.25. The van der Waals surface area contributed by atoms with Crippen molar-refractivity contribution in [1.29, 1.82) is 0 Å². The van der Waals surface area contributed by atoms with Crippen LogP contribution in [0.1, 0.15) is 30.1 Å². The van der Waals surface area contributed by atoms with E-state index in [0.29, 0.717) is 6.04 Å². The summed E-state index contributed by atoms with van der Waals surface area (Å²) in [4.78, 5) is 4.41. The Bertz CT molecular complexity index is 270. The molecule has 0 amide bonds. The van der Waals surface area contributed by atoms with E-state index in [1.807, 2.05) is 19.3 Å². The van der Waals surface area contributed by atoms with Gasteiger partial charge in [0.05, 0.1) is 5.69 Å². The van der Waals surface area contributed by atoms with E-state index in [9.17, 15) is 0 Å². The van der Waals surface area contributed by atoms with Crippen molar-refractivity contribution in [2.24, 2.45) is 0 Å². The SMILES string of the molecule is CN[C@H]1CCCc2cccnc21. The number of hydrogen-bond acceptors (Lipinski definition) is 2. The summed E-state index contributed by atoms with van der Waals surface area (Å²) in [6.07, 6.45) is 5.58. The maximum atomic E-state index is 4.41. The summed E-state index contributed by atoms with van der Waals surface area (Å²) in [6, 6.07) is 4.69. The van der Waals surface area contributed by atoms with Crippen LogP contribution in [0.2, 0.25) is 0 Å². The van der Waals surface area contributed by atoms with Gasteiger partial charge in [0, 0.05) is 12.2 Å². The van der Waals surface area contributed by atoms with E-state index >= 15 is 0 Å². The second-order valence-electron chi connectivity index (χ2n) is 3.28. The molecule has 2 nitrogen and oxygen atoms in total. The van der Waals surface area contributed by atoms with Gasteiger partial charge in [-0.25, -0.2) is 0 Å². The van der Waals surface area contributed by atoms with Crippen molar-refractivity contribution in [3.8, 4) is 0 Å². The Hall–Kier alpha value is -0.890. The third-order valence-corrected chi connectivity index (χ3v) is 2.54. The van der Waals surface area contributed by atoms with E-state index in [0.717, 1.165) is 0 Å². The molecule has 0 unspecified atom stereocenters. The highest BCUT2D eigenvalue weighted by Gasteiger charge is 2.18. The van der Waals surface area contributed by atoms with Gasteiger partial charge in [-0.2, -0.15) is 0 Å². The molecule has 0 spiro atoms. The lowest BCUT2D eigenvalue weighted by Crippen LogP contribution is -2.22. The summed E-state index contributed by atoms with van der Waals surface area (Å²) in [5, 5.41) is 3.30. The molecule has 0 saturated heterocycles. The number of rotatable bonds is 1. The van der Waals surface area contributed by atoms with E-state index in [1.54, 1.807) is 0 Å². The lowest BCUT2D eigenvalue weighted by Gasteiger charge is -2.23. The molecule has 1 aliphatic rings. The smallest absolute Gasteiger partial charge is 0.0604 e. The van der Waals surface area contributed by atoms with Gasteiger partial charge < -0.3 is 5.32 Å². The zero-order chi connectivity index (χ0) is 8.39. The Balaban J connectivity index is 2.37. The molecule has 0 bridgehead atoms. The second-order valence-corrected chi connectivity index (χ2v) is 3.28. The zero-order valence-electron chi connectivity index (χ0n) is 7.38. The van der Waals surface area contributed by atoms with Gasteiger partial charge in [-0.1, -0.05) is 6.07 Å². The molecule has 1 aliphatic carbocycles. The monoisotopic (exact) mass is 162 g/mol. The molecule has 1 N–H and O–H groups in total. The number of aryl methyl sites for hydroxylation is 1. The minimum Gasteiger partial charge on any atom is -0.312 e. The number of nitrogens with one attached hydrogen (secondary N) is 1. The molecular formula is C10H14N2. The molecule has 1 aromatic rings. The highest BCUT2D eigenvalue weighted by Crippen LogP contribution is 2.26. The molecular weight excluding hydrogens is 148 g/mol. The Kier molecular flexibility index (Phi) is 2.09. The molecule has 2 rings (SSSR count). The molecule has 0 saturated carbocycles. The van der Waals surface area contributed by atoms with Gasteiger partial charge >= 0.3 is 0 Å². The molecule has 1 heterocycles. The second kappa shape index (κ2) is 3.23. The van der Waals surface area contributed by atoms with Gasteiger partial charge in [0.15, 0.2) is 0 Å². The van der Waals surface area contributed by atoms with E-state index < -0.39 is 0 Å². The molecule has 0 aliphatic heterocycles. The maximum Gasteiger partial charge on any atom is 0.0604 e. The molecule has 12 heavy (non-hydrogen) atoms. The van der Waals surface area contributed by atoms with E-state index in [-0.39, 0.29) is 0 Å². The quantitative estimate of drug-likeness (QED) is 0.679. The first-order valence-corrected chi connectivity index (χ1v) is 4.53. The van der Waals surface area contributed by atoms with Crippen molar-refractivity contribution in [1.82, 2.24) is 10.3 Å². The Morgan fingerprint density at radius 2 is 2.50 bits per heavy atom. The zero-order valence-corrected chi connectivity index (χ0v) is 7.38. The van der Waals surface area contributed by atoms with E-state index in [4.69, 9.17) is 0 Å². The third kappa shape index (κ3) is 1.23. The van der Waals surface area contributed by atoms with Gasteiger partial charge in [-0.05, 0) is 37.9 Å². The minimum absolute atomic E-state index is 0.481. The highest BCUT2D eigenvalue weighted by atomic mass is 14.9. The Morgan fingerprint density at radius 3 is 3.33 bits per heavy atom. The van der Waals surface area contributed by atoms with Crippen LogP contribution in [0.3, 0.4) is 0 Å². The maximum absolute atomic E-state index is 4.41. The number of aromatic nitrogens is 1. The summed E-state index contributed by atoms with van der Waals surface area (Å²) in [6.45, 7) is 0. The van der Waals surface area contributed by atoms with E-state index in [2.05, 4.69) is 16.4 Å². The average Bonchev–Trinajstić information content (AvgIpc) is 2.17. The van der Waals surface area contributed by atoms with Crippen LogP contribution >= 0.6 is 0 Å². The predicted molar refractivity (Wildman–Crippen MR) is 49.0 cm³/mol. The standard InChI is InChI=1S/C10H14N2/c1-11-9-6-2-4-8-5-3-7-12-10(8)9/h3,5,7,9,11H,2,4,6H2,1H3/t9-/m0/s1. The third-order valence-electron chi connectivity index (χ3n) is 2.54. The molecule has 0 fully saturated rings. The van der Waals surface area contributed by atoms with Crippen molar-refractivity contribution < 1.29 is 0 Å². The molecule has 0 aromatic carbocycles. The minimum atomic E-state index is 0.481. The van der Waals surface area contributed by atoms with Gasteiger partial charge in [0.25, 0.3) is 0 Å². The van der Waals surface area contributed by atoms with Crippen LogP contribution in [0.4, 0.5) is 0 Å². The van der Waals surface area contributed by atoms with Crippen LogP contribution in [0.25, 0.3) is 0 Å². The number of hydrogen-bond donors (Lipinski definition) is 1. The van der Waals surface area contributed by atoms with Crippen LogP contribution in [0, 0.1) is 0 Å². The van der Waals surface area contributed by atoms with Gasteiger partial charge in [-0.3, -0.25) is 4.98 Å². The van der Waals surface area contributed by atoms with Crippen LogP contribution in [-0.4, -0.2) is 12.0 Å². The molecule has 64 valence electrons. The number of pyridine rings is 1. The summed E-state index contributed by atoms with van der Waals surface area (Å²) >= 11 is 0. The van der Waals surface area contributed by atoms with Gasteiger partial charge in [0.1, 0.15) is 0 Å². The topological polar surface area (TPSA) is 24.9 Å². The lowest BCUT2D eigenvalue weighted by atomic mass is 9.92. The van der Waals surface area contributed by atoms with Gasteiger partial charge in [-0.15, -0.1) is 0 Å². The fraction of sp³-hybridized carbons (Fsp3) is 0.500. The van der Waals surface area contributed by atoms with Crippen LogP contribution in [-0.2, 0) is 6.42 Å². The molecule has 0 radical (unpaired) electrons. The molecule has 1 aromatic heterocycles. The van der Waals surface area contributed by atoms with Gasteiger partial charge in [0.2, 0.25) is 0 Å². The first-order chi connectivity index (χ1) is 5.92. The van der Waals surface area contributed by atoms with E-state index in [1.165, 1.54) is 30.5 Å². The van der Waals surface area contributed by atoms with Crippen molar-refractivity contribution in [3.05, 3.63) is 29.6 Å². The van der Waals surface area contributed by atoms with Crippen LogP contribution in [0.15, 0.2) is 18.3 Å². The summed E-state index contributed by atoms with van der Waals surface area (Å²) in [7, 11) is 2.01. The summed E-state index contributed by atoms with van der Waals surface area (Å²) < 4.78 is 0. The van der Waals surface area contributed by atoms with Crippen LogP contribution in [0.5, 0.6) is 0 Å². The van der Waals surface area contributed by atoms with Crippen molar-refractivity contribution in [2.75, 3.05) is 7.05 Å². The molecule has 2 heteroatoms. The first-order valence-electron chi connectivity index (χ1n) is 4.53. The fourth-order valence-electron chi connectivity index (χ4n) is 1.89. The van der Waals surface area contributed by atoms with Crippen molar-refractivity contribution >= 4 is 0 Å². The largest absolute Gasteiger partial charge is 0.312 e. The van der Waals surface area contributed by atoms with Crippen molar-refractivity contribution in [2.45, 2.75) is 25.3 Å². The normalized spacial score (nSPS) is 21.9.